The second-order valence-electron chi connectivity index (χ2n) is 6.35. The highest BCUT2D eigenvalue weighted by atomic mass is 127. The third-order valence-corrected chi connectivity index (χ3v) is 4.93. The predicted octanol–water partition coefficient (Wildman–Crippen LogP) is 3.50. The Bertz CT molecular complexity index is 541. The Morgan fingerprint density at radius 3 is 2.70 bits per heavy atom. The third kappa shape index (κ3) is 4.97. The van der Waals surface area contributed by atoms with Crippen molar-refractivity contribution >= 4 is 41.5 Å². The Kier molecular flexibility index (Phi) is 6.98. The van der Waals surface area contributed by atoms with E-state index in [9.17, 15) is 0 Å². The van der Waals surface area contributed by atoms with Gasteiger partial charge in [0.1, 0.15) is 0 Å². The molecule has 1 aromatic rings. The van der Waals surface area contributed by atoms with Crippen molar-refractivity contribution in [1.82, 2.24) is 9.80 Å². The van der Waals surface area contributed by atoms with Crippen LogP contribution in [0.5, 0.6) is 0 Å². The molecule has 0 spiro atoms. The van der Waals surface area contributed by atoms with Crippen molar-refractivity contribution in [2.45, 2.75) is 37.8 Å². The molecule has 4 nitrogen and oxygen atoms in total. The Morgan fingerprint density at radius 1 is 1.39 bits per heavy atom. The fraction of sp³-hybridized carbons (Fsp3) is 0.588. The molecule has 1 aliphatic carbocycles. The molecule has 0 radical (unpaired) electrons. The molecule has 0 aromatic heterocycles. The molecule has 128 valence electrons. The molecule has 23 heavy (non-hydrogen) atoms. The molecule has 1 saturated carbocycles. The summed E-state index contributed by atoms with van der Waals surface area (Å²) >= 11 is 6.17. The largest absolute Gasteiger partial charge is 0.370 e. The van der Waals surface area contributed by atoms with Gasteiger partial charge in [-0.3, -0.25) is 9.89 Å². The molecule has 0 amide bonds. The van der Waals surface area contributed by atoms with E-state index in [0.717, 1.165) is 18.1 Å². The Balaban J connectivity index is 0.00000192. The summed E-state index contributed by atoms with van der Waals surface area (Å²) in [5, 5.41) is 0.786. The number of benzene rings is 1. The van der Waals surface area contributed by atoms with Gasteiger partial charge in [0, 0.05) is 18.1 Å². The van der Waals surface area contributed by atoms with Gasteiger partial charge >= 0.3 is 0 Å². The van der Waals surface area contributed by atoms with Gasteiger partial charge in [0.15, 0.2) is 5.96 Å². The van der Waals surface area contributed by atoms with Gasteiger partial charge in [-0.25, -0.2) is 0 Å². The number of hydrogen-bond donors (Lipinski definition) is 1. The summed E-state index contributed by atoms with van der Waals surface area (Å²) in [6.07, 6.45) is 4.99. The van der Waals surface area contributed by atoms with E-state index in [0.29, 0.717) is 18.5 Å². The summed E-state index contributed by atoms with van der Waals surface area (Å²) in [4.78, 5) is 9.28. The van der Waals surface area contributed by atoms with Crippen LogP contribution >= 0.6 is 35.6 Å². The van der Waals surface area contributed by atoms with Crippen molar-refractivity contribution < 1.29 is 0 Å². The maximum atomic E-state index is 6.17. The van der Waals surface area contributed by atoms with Crippen LogP contribution in [0.1, 0.15) is 37.3 Å². The van der Waals surface area contributed by atoms with Crippen LogP contribution in [-0.4, -0.2) is 48.5 Å². The summed E-state index contributed by atoms with van der Waals surface area (Å²) in [7, 11) is 2.04. The molecule has 1 unspecified atom stereocenters. The molecule has 3 rings (SSSR count). The van der Waals surface area contributed by atoms with Crippen LogP contribution in [0.3, 0.4) is 0 Å². The van der Waals surface area contributed by atoms with E-state index < -0.39 is 0 Å². The lowest BCUT2D eigenvalue weighted by Gasteiger charge is -2.27. The molecule has 1 atom stereocenters. The minimum Gasteiger partial charge on any atom is -0.370 e. The highest BCUT2D eigenvalue weighted by molar-refractivity contribution is 14.0. The Hall–Kier alpha value is -0.530. The summed E-state index contributed by atoms with van der Waals surface area (Å²) < 4.78 is 0. The standard InChI is InChI=1S/C17H25ClN4.HI/c1-21(15-7-8-15)17(19)20-12-16(22-9-2-3-10-22)13-5-4-6-14(18)11-13;/h4-6,11,15-16H,2-3,7-10,12H2,1H3,(H2,19,20);1H. The summed E-state index contributed by atoms with van der Waals surface area (Å²) in [6, 6.07) is 9.01. The fourth-order valence-electron chi connectivity index (χ4n) is 3.14. The first kappa shape index (κ1) is 18.8. The van der Waals surface area contributed by atoms with E-state index in [1.807, 2.05) is 19.2 Å². The quantitative estimate of drug-likeness (QED) is 0.426. The normalized spacial score (nSPS) is 20.2. The smallest absolute Gasteiger partial charge is 0.191 e. The van der Waals surface area contributed by atoms with E-state index in [1.54, 1.807) is 0 Å². The minimum atomic E-state index is 0. The van der Waals surface area contributed by atoms with Crippen LogP contribution in [0.25, 0.3) is 0 Å². The van der Waals surface area contributed by atoms with Gasteiger partial charge in [0.2, 0.25) is 0 Å². The fourth-order valence-corrected chi connectivity index (χ4v) is 3.34. The van der Waals surface area contributed by atoms with Gasteiger partial charge in [-0.2, -0.15) is 0 Å². The molecule has 0 bridgehead atoms. The van der Waals surface area contributed by atoms with E-state index >= 15 is 0 Å². The van der Waals surface area contributed by atoms with Crippen LogP contribution in [0.2, 0.25) is 5.02 Å². The van der Waals surface area contributed by atoms with E-state index in [4.69, 9.17) is 17.3 Å². The number of guanidine groups is 1. The monoisotopic (exact) mass is 448 g/mol. The summed E-state index contributed by atoms with van der Waals surface area (Å²) in [5.41, 5.74) is 7.38. The molecule has 2 N–H and O–H groups in total. The molecule has 1 aromatic carbocycles. The lowest BCUT2D eigenvalue weighted by Crippen LogP contribution is -2.37. The molecule has 2 fully saturated rings. The van der Waals surface area contributed by atoms with Crippen LogP contribution in [0.15, 0.2) is 29.3 Å². The Morgan fingerprint density at radius 2 is 2.09 bits per heavy atom. The van der Waals surface area contributed by atoms with E-state index in [1.165, 1.54) is 31.2 Å². The second kappa shape index (κ2) is 8.53. The maximum absolute atomic E-state index is 6.17. The second-order valence-corrected chi connectivity index (χ2v) is 6.79. The van der Waals surface area contributed by atoms with E-state index in [2.05, 4.69) is 26.9 Å². The molecule has 6 heteroatoms. The first-order valence-corrected chi connectivity index (χ1v) is 8.55. The topological polar surface area (TPSA) is 44.9 Å². The summed E-state index contributed by atoms with van der Waals surface area (Å²) in [5.74, 6) is 0.661. The van der Waals surface area contributed by atoms with Crippen LogP contribution < -0.4 is 5.73 Å². The van der Waals surface area contributed by atoms with Gasteiger partial charge in [-0.05, 0) is 56.5 Å². The highest BCUT2D eigenvalue weighted by Crippen LogP contribution is 2.28. The zero-order valence-electron chi connectivity index (χ0n) is 13.6. The van der Waals surface area contributed by atoms with Gasteiger partial charge < -0.3 is 10.6 Å². The number of nitrogens with two attached hydrogens (primary N) is 1. The van der Waals surface area contributed by atoms with Crippen molar-refractivity contribution in [3.05, 3.63) is 34.9 Å². The number of rotatable bonds is 5. The SMILES string of the molecule is CN(C(N)=NCC(c1cccc(Cl)c1)N1CCCC1)C1CC1.I. The molecular formula is C17H26ClIN4. The van der Waals surface area contributed by atoms with Crippen LogP contribution in [0.4, 0.5) is 0 Å². The lowest BCUT2D eigenvalue weighted by molar-refractivity contribution is 0.251. The first-order chi connectivity index (χ1) is 10.6. The maximum Gasteiger partial charge on any atom is 0.191 e. The molecule has 1 saturated heterocycles. The first-order valence-electron chi connectivity index (χ1n) is 8.17. The van der Waals surface area contributed by atoms with Crippen molar-refractivity contribution in [3.63, 3.8) is 0 Å². The number of hydrogen-bond acceptors (Lipinski definition) is 2. The van der Waals surface area contributed by atoms with E-state index in [-0.39, 0.29) is 30.0 Å². The number of likely N-dealkylation sites (tertiary alicyclic amines) is 1. The molecule has 1 aliphatic heterocycles. The zero-order chi connectivity index (χ0) is 15.5. The highest BCUT2D eigenvalue weighted by Gasteiger charge is 2.28. The number of aliphatic imine (C=N–C) groups is 1. The number of nitrogens with zero attached hydrogens (tertiary/aromatic N) is 3. The Labute approximate surface area is 161 Å². The molecular weight excluding hydrogens is 423 g/mol. The number of halogens is 2. The molecule has 2 aliphatic rings. The van der Waals surface area contributed by atoms with Gasteiger partial charge in [0.05, 0.1) is 12.6 Å². The van der Waals surface area contributed by atoms with Gasteiger partial charge in [0.25, 0.3) is 0 Å². The van der Waals surface area contributed by atoms with Crippen LogP contribution in [-0.2, 0) is 0 Å². The average Bonchev–Trinajstić information content (AvgIpc) is 3.23. The molecule has 1 heterocycles. The van der Waals surface area contributed by atoms with Crippen molar-refractivity contribution in [2.75, 3.05) is 26.7 Å². The zero-order valence-corrected chi connectivity index (χ0v) is 16.7. The average molecular weight is 449 g/mol. The minimum absolute atomic E-state index is 0. The lowest BCUT2D eigenvalue weighted by atomic mass is 10.1. The van der Waals surface area contributed by atoms with Gasteiger partial charge in [-0.15, -0.1) is 24.0 Å². The summed E-state index contributed by atoms with van der Waals surface area (Å²) in [6.45, 7) is 2.96. The predicted molar refractivity (Wildman–Crippen MR) is 108 cm³/mol. The van der Waals surface area contributed by atoms with Crippen molar-refractivity contribution in [2.24, 2.45) is 10.7 Å². The third-order valence-electron chi connectivity index (χ3n) is 4.70. The van der Waals surface area contributed by atoms with Crippen LogP contribution in [0, 0.1) is 0 Å². The van der Waals surface area contributed by atoms with Crippen molar-refractivity contribution in [1.29, 1.82) is 0 Å². The van der Waals surface area contributed by atoms with Crippen molar-refractivity contribution in [3.8, 4) is 0 Å². The van der Waals surface area contributed by atoms with Gasteiger partial charge in [-0.1, -0.05) is 23.7 Å².